The maximum absolute atomic E-state index is 12.1. The number of ether oxygens (including phenoxy) is 1. The normalized spacial score (nSPS) is 14.3. The van der Waals surface area contributed by atoms with E-state index in [2.05, 4.69) is 37.6 Å². The fourth-order valence-corrected chi connectivity index (χ4v) is 4.81. The lowest BCUT2D eigenvalue weighted by Crippen LogP contribution is -2.38. The van der Waals surface area contributed by atoms with E-state index in [1.165, 1.54) is 5.56 Å². The standard InChI is InChI=1S/C30H40N6O3/c1-22(39-2)21-36(17-7-6-12-25-14-13-24-11-8-16-32-29(24)33-25)18-15-26(30(37)38)34-28-20-31-19-27(35-28)23-9-4-3-5-10-23/h3-5,9-10,13-14,19-20,22,26H,6-8,11-12,15-18,21H2,1-2H3,(H,32,33)(H,34,35)(H,37,38)/t22-,26-/m1/s1. The molecule has 9 nitrogen and oxygen atoms in total. The molecule has 2 atom stereocenters. The number of aryl methyl sites for hydroxylation is 2. The number of carbonyl (C=O) groups is 1. The minimum absolute atomic E-state index is 0.0584. The van der Waals surface area contributed by atoms with Crippen LogP contribution in [0.1, 0.15) is 43.9 Å². The van der Waals surface area contributed by atoms with E-state index in [1.807, 2.05) is 37.3 Å². The second-order valence-electron chi connectivity index (χ2n) is 10.1. The highest BCUT2D eigenvalue weighted by Gasteiger charge is 2.20. The zero-order valence-electron chi connectivity index (χ0n) is 23.0. The van der Waals surface area contributed by atoms with Crippen LogP contribution < -0.4 is 10.6 Å². The van der Waals surface area contributed by atoms with Crippen LogP contribution in [-0.4, -0.2) is 76.4 Å². The molecule has 1 aliphatic heterocycles. The molecule has 1 aromatic carbocycles. The van der Waals surface area contributed by atoms with E-state index in [0.717, 1.165) is 68.8 Å². The fourth-order valence-electron chi connectivity index (χ4n) is 4.81. The molecular weight excluding hydrogens is 492 g/mol. The molecule has 0 aliphatic carbocycles. The van der Waals surface area contributed by atoms with Gasteiger partial charge in [0.15, 0.2) is 0 Å². The molecule has 39 heavy (non-hydrogen) atoms. The smallest absolute Gasteiger partial charge is 0.326 e. The lowest BCUT2D eigenvalue weighted by atomic mass is 10.1. The van der Waals surface area contributed by atoms with Gasteiger partial charge in [-0.3, -0.25) is 4.98 Å². The Kier molecular flexibility index (Phi) is 10.6. The first-order valence-corrected chi connectivity index (χ1v) is 13.9. The lowest BCUT2D eigenvalue weighted by molar-refractivity contribution is -0.138. The number of pyridine rings is 1. The van der Waals surface area contributed by atoms with E-state index >= 15 is 0 Å². The van der Waals surface area contributed by atoms with Gasteiger partial charge in [-0.25, -0.2) is 14.8 Å². The van der Waals surface area contributed by atoms with Crippen LogP contribution in [0.5, 0.6) is 0 Å². The number of fused-ring (bicyclic) bond motifs is 1. The summed E-state index contributed by atoms with van der Waals surface area (Å²) in [6.07, 6.45) is 8.94. The highest BCUT2D eigenvalue weighted by atomic mass is 16.5. The van der Waals surface area contributed by atoms with Gasteiger partial charge in [0.1, 0.15) is 17.7 Å². The summed E-state index contributed by atoms with van der Waals surface area (Å²) in [7, 11) is 1.71. The third kappa shape index (κ3) is 8.73. The van der Waals surface area contributed by atoms with Crippen molar-refractivity contribution in [2.45, 2.75) is 57.6 Å². The Labute approximate surface area is 231 Å². The Morgan fingerprint density at radius 2 is 1.97 bits per heavy atom. The van der Waals surface area contributed by atoms with Crippen LogP contribution in [0.25, 0.3) is 11.3 Å². The van der Waals surface area contributed by atoms with E-state index in [-0.39, 0.29) is 6.10 Å². The molecule has 0 saturated heterocycles. The third-order valence-corrected chi connectivity index (χ3v) is 7.09. The number of nitrogens with zero attached hydrogens (tertiary/aromatic N) is 4. The number of carboxylic acids is 1. The number of benzene rings is 1. The Hall–Kier alpha value is -3.56. The molecule has 0 bridgehead atoms. The zero-order chi connectivity index (χ0) is 27.5. The van der Waals surface area contributed by atoms with Gasteiger partial charge in [-0.15, -0.1) is 0 Å². The molecule has 9 heteroatoms. The molecule has 208 valence electrons. The van der Waals surface area contributed by atoms with Gasteiger partial charge in [0.25, 0.3) is 0 Å². The molecule has 3 heterocycles. The zero-order valence-corrected chi connectivity index (χ0v) is 23.0. The number of carboxylic acid groups (broad SMARTS) is 1. The van der Waals surface area contributed by atoms with Crippen LogP contribution >= 0.6 is 0 Å². The molecule has 1 aliphatic rings. The molecule has 0 saturated carbocycles. The molecule has 0 radical (unpaired) electrons. The van der Waals surface area contributed by atoms with Crippen molar-refractivity contribution in [1.29, 1.82) is 0 Å². The molecule has 0 spiro atoms. The number of anilines is 2. The second kappa shape index (κ2) is 14.6. The molecule has 4 rings (SSSR count). The van der Waals surface area contributed by atoms with Gasteiger partial charge < -0.3 is 25.4 Å². The minimum Gasteiger partial charge on any atom is -0.480 e. The van der Waals surface area contributed by atoms with Gasteiger partial charge in [0.2, 0.25) is 0 Å². The van der Waals surface area contributed by atoms with E-state index in [1.54, 1.807) is 19.5 Å². The first kappa shape index (κ1) is 28.4. The van der Waals surface area contributed by atoms with Crippen molar-refractivity contribution in [3.8, 4) is 11.3 Å². The third-order valence-electron chi connectivity index (χ3n) is 7.09. The van der Waals surface area contributed by atoms with Crippen LogP contribution in [0.3, 0.4) is 0 Å². The molecule has 3 aromatic rings. The summed E-state index contributed by atoms with van der Waals surface area (Å²) in [5, 5.41) is 16.4. The number of nitrogens with one attached hydrogen (secondary N) is 2. The van der Waals surface area contributed by atoms with Gasteiger partial charge in [0, 0.05) is 38.0 Å². The van der Waals surface area contributed by atoms with E-state index in [4.69, 9.17) is 9.72 Å². The largest absolute Gasteiger partial charge is 0.480 e. The highest BCUT2D eigenvalue weighted by molar-refractivity contribution is 5.77. The quantitative estimate of drug-likeness (QED) is 0.243. The number of methoxy groups -OCH3 is 1. The average Bonchev–Trinajstić information content (AvgIpc) is 2.97. The number of unbranched alkanes of at least 4 members (excludes halogenated alkanes) is 1. The lowest BCUT2D eigenvalue weighted by Gasteiger charge is -2.26. The maximum atomic E-state index is 12.1. The van der Waals surface area contributed by atoms with Crippen LogP contribution in [0.15, 0.2) is 54.9 Å². The minimum atomic E-state index is -0.909. The van der Waals surface area contributed by atoms with Crippen LogP contribution in [0.4, 0.5) is 11.6 Å². The van der Waals surface area contributed by atoms with Crippen molar-refractivity contribution in [2.24, 2.45) is 0 Å². The molecule has 0 fully saturated rings. The van der Waals surface area contributed by atoms with E-state index < -0.39 is 12.0 Å². The maximum Gasteiger partial charge on any atom is 0.326 e. The summed E-state index contributed by atoms with van der Waals surface area (Å²) in [5.41, 5.74) is 4.06. The van der Waals surface area contributed by atoms with Gasteiger partial charge in [-0.05, 0) is 63.6 Å². The Balaban J connectivity index is 1.30. The van der Waals surface area contributed by atoms with Gasteiger partial charge >= 0.3 is 5.97 Å². The van der Waals surface area contributed by atoms with Crippen LogP contribution in [-0.2, 0) is 22.4 Å². The molecule has 0 amide bonds. The van der Waals surface area contributed by atoms with Crippen LogP contribution in [0, 0.1) is 0 Å². The van der Waals surface area contributed by atoms with E-state index in [0.29, 0.717) is 24.5 Å². The SMILES string of the molecule is CO[C@H](C)CN(CCCCc1ccc2c(n1)NCCC2)CC[C@@H](Nc1cncc(-c2ccccc2)n1)C(=O)O. The van der Waals surface area contributed by atoms with Crippen molar-refractivity contribution in [2.75, 3.05) is 43.9 Å². The van der Waals surface area contributed by atoms with Gasteiger partial charge in [0.05, 0.1) is 24.2 Å². The summed E-state index contributed by atoms with van der Waals surface area (Å²) in [6, 6.07) is 13.3. The van der Waals surface area contributed by atoms with Crippen molar-refractivity contribution in [1.82, 2.24) is 19.9 Å². The number of hydrogen-bond donors (Lipinski definition) is 3. The topological polar surface area (TPSA) is 113 Å². The van der Waals surface area contributed by atoms with Gasteiger partial charge in [-0.2, -0.15) is 0 Å². The molecule has 2 aromatic heterocycles. The summed E-state index contributed by atoms with van der Waals surface area (Å²) in [4.78, 5) is 28.1. The number of hydrogen-bond acceptors (Lipinski definition) is 8. The summed E-state index contributed by atoms with van der Waals surface area (Å²) in [6.45, 7) is 5.27. The van der Waals surface area contributed by atoms with Gasteiger partial charge in [-0.1, -0.05) is 36.4 Å². The Bertz CT molecular complexity index is 1190. The average molecular weight is 533 g/mol. The number of rotatable bonds is 15. The summed E-state index contributed by atoms with van der Waals surface area (Å²) >= 11 is 0. The molecule has 3 N–H and O–H groups in total. The first-order valence-electron chi connectivity index (χ1n) is 13.9. The number of aliphatic carboxylic acids is 1. The first-order chi connectivity index (χ1) is 19.0. The summed E-state index contributed by atoms with van der Waals surface area (Å²) in [5.74, 6) is 0.585. The molecule has 0 unspecified atom stereocenters. The second-order valence-corrected chi connectivity index (χ2v) is 10.1. The predicted molar refractivity (Wildman–Crippen MR) is 154 cm³/mol. The monoisotopic (exact) mass is 532 g/mol. The van der Waals surface area contributed by atoms with Crippen molar-refractivity contribution in [3.63, 3.8) is 0 Å². The Morgan fingerprint density at radius 3 is 2.77 bits per heavy atom. The van der Waals surface area contributed by atoms with Crippen LogP contribution in [0.2, 0.25) is 0 Å². The Morgan fingerprint density at radius 1 is 1.13 bits per heavy atom. The molecular formula is C30H40N6O3. The van der Waals surface area contributed by atoms with Crippen molar-refractivity contribution < 1.29 is 14.6 Å². The fraction of sp³-hybridized carbons (Fsp3) is 0.467. The van der Waals surface area contributed by atoms with Crippen molar-refractivity contribution >= 4 is 17.6 Å². The number of aromatic nitrogens is 3. The highest BCUT2D eigenvalue weighted by Crippen LogP contribution is 2.21. The predicted octanol–water partition coefficient (Wildman–Crippen LogP) is 4.51. The van der Waals surface area contributed by atoms with E-state index in [9.17, 15) is 9.90 Å². The van der Waals surface area contributed by atoms with Crippen molar-refractivity contribution in [3.05, 3.63) is 66.1 Å². The summed E-state index contributed by atoms with van der Waals surface area (Å²) < 4.78 is 5.51.